The summed E-state index contributed by atoms with van der Waals surface area (Å²) in [6, 6.07) is 4.90. The smallest absolute Gasteiger partial charge is 0.266 e. The second-order valence-electron chi connectivity index (χ2n) is 4.34. The third-order valence-electron chi connectivity index (χ3n) is 3.20. The lowest BCUT2D eigenvalue weighted by Crippen LogP contribution is -2.21. The van der Waals surface area contributed by atoms with Gasteiger partial charge in [-0.3, -0.25) is 5.10 Å². The highest BCUT2D eigenvalue weighted by molar-refractivity contribution is 5.92. The van der Waals surface area contributed by atoms with Gasteiger partial charge in [0.2, 0.25) is 0 Å². The summed E-state index contributed by atoms with van der Waals surface area (Å²) in [5, 5.41) is 11.0. The molecule has 0 aliphatic carbocycles. The number of halogens is 2. The molecule has 0 spiro atoms. The Labute approximate surface area is 103 Å². The summed E-state index contributed by atoms with van der Waals surface area (Å²) >= 11 is 0. The maximum atomic E-state index is 12.9. The van der Waals surface area contributed by atoms with Gasteiger partial charge in [0.05, 0.1) is 5.69 Å². The number of nitrogens with one attached hydrogen (secondary N) is 2. The molecule has 1 aliphatic heterocycles. The van der Waals surface area contributed by atoms with Crippen molar-refractivity contribution in [3.8, 4) is 0 Å². The Morgan fingerprint density at radius 2 is 2.17 bits per heavy atom. The van der Waals surface area contributed by atoms with E-state index < -0.39 is 6.43 Å². The Kier molecular flexibility index (Phi) is 2.83. The molecule has 0 amide bonds. The summed E-state index contributed by atoms with van der Waals surface area (Å²) in [6.45, 7) is 1.70. The van der Waals surface area contributed by atoms with Crippen LogP contribution in [0.5, 0.6) is 0 Å². The lowest BCUT2D eigenvalue weighted by Gasteiger charge is -2.13. The molecule has 0 bridgehead atoms. The fourth-order valence-corrected chi connectivity index (χ4v) is 2.31. The van der Waals surface area contributed by atoms with Gasteiger partial charge in [0, 0.05) is 17.5 Å². The third kappa shape index (κ3) is 1.80. The Balaban J connectivity index is 2.15. The van der Waals surface area contributed by atoms with Gasteiger partial charge in [-0.2, -0.15) is 5.10 Å². The van der Waals surface area contributed by atoms with E-state index in [-0.39, 0.29) is 5.56 Å². The second-order valence-corrected chi connectivity index (χ2v) is 4.34. The van der Waals surface area contributed by atoms with Gasteiger partial charge in [0.25, 0.3) is 6.43 Å². The van der Waals surface area contributed by atoms with Crippen LogP contribution in [0.25, 0.3) is 16.5 Å². The Hall–Kier alpha value is -1.75. The van der Waals surface area contributed by atoms with Gasteiger partial charge in [0.1, 0.15) is 5.52 Å². The zero-order valence-electron chi connectivity index (χ0n) is 9.71. The molecule has 3 rings (SSSR count). The summed E-state index contributed by atoms with van der Waals surface area (Å²) < 4.78 is 25.7. The monoisotopic (exact) mass is 249 g/mol. The highest BCUT2D eigenvalue weighted by atomic mass is 19.3. The number of para-hydroxylation sites is 1. The first kappa shape index (κ1) is 11.3. The predicted octanol–water partition coefficient (Wildman–Crippen LogP) is 2.88. The molecule has 5 heteroatoms. The molecule has 0 saturated carbocycles. The minimum Gasteiger partial charge on any atom is -0.312 e. The van der Waals surface area contributed by atoms with Crippen LogP contribution in [0.1, 0.15) is 24.1 Å². The molecule has 94 valence electrons. The van der Waals surface area contributed by atoms with Crippen molar-refractivity contribution in [1.82, 2.24) is 15.5 Å². The number of fused-ring (bicyclic) bond motifs is 1. The van der Waals surface area contributed by atoms with Crippen molar-refractivity contribution in [2.75, 3.05) is 13.1 Å². The molecule has 1 aromatic carbocycles. The molecule has 2 aromatic rings. The van der Waals surface area contributed by atoms with E-state index in [9.17, 15) is 8.78 Å². The SMILES string of the molecule is FC(F)c1cccc2c(C3=CCCNC3)[nH]nc12. The topological polar surface area (TPSA) is 40.7 Å². The van der Waals surface area contributed by atoms with Crippen molar-refractivity contribution in [2.45, 2.75) is 12.8 Å². The zero-order valence-corrected chi connectivity index (χ0v) is 9.71. The van der Waals surface area contributed by atoms with Crippen molar-refractivity contribution in [3.05, 3.63) is 35.5 Å². The van der Waals surface area contributed by atoms with Crippen LogP contribution in [0.15, 0.2) is 24.3 Å². The average molecular weight is 249 g/mol. The number of hydrogen-bond acceptors (Lipinski definition) is 2. The van der Waals surface area contributed by atoms with E-state index in [4.69, 9.17) is 0 Å². The average Bonchev–Trinajstić information content (AvgIpc) is 2.83. The zero-order chi connectivity index (χ0) is 12.5. The quantitative estimate of drug-likeness (QED) is 0.859. The van der Waals surface area contributed by atoms with Crippen LogP contribution in [0.3, 0.4) is 0 Å². The summed E-state index contributed by atoms with van der Waals surface area (Å²) in [5.41, 5.74) is 2.29. The number of nitrogens with zero attached hydrogens (tertiary/aromatic N) is 1. The Bertz CT molecular complexity index is 601. The summed E-state index contributed by atoms with van der Waals surface area (Å²) in [7, 11) is 0. The number of aromatic nitrogens is 2. The van der Waals surface area contributed by atoms with Crippen molar-refractivity contribution in [2.24, 2.45) is 0 Å². The molecular weight excluding hydrogens is 236 g/mol. The molecule has 1 aliphatic rings. The number of rotatable bonds is 2. The minimum absolute atomic E-state index is 0.0145. The van der Waals surface area contributed by atoms with Gasteiger partial charge in [-0.25, -0.2) is 8.78 Å². The maximum absolute atomic E-state index is 12.9. The molecule has 0 unspecified atom stereocenters. The van der Waals surface area contributed by atoms with Gasteiger partial charge in [-0.15, -0.1) is 0 Å². The number of benzene rings is 1. The van der Waals surface area contributed by atoms with Crippen LogP contribution >= 0.6 is 0 Å². The second kappa shape index (κ2) is 4.49. The standard InChI is InChI=1S/C13H13F2N3/c14-13(15)10-5-1-4-9-11(17-18-12(9)10)8-3-2-6-16-7-8/h1,3-5,13,16H,2,6-7H2,(H,17,18). The van der Waals surface area contributed by atoms with Gasteiger partial charge in [-0.1, -0.05) is 24.3 Å². The first-order valence-electron chi connectivity index (χ1n) is 5.92. The summed E-state index contributed by atoms with van der Waals surface area (Å²) in [4.78, 5) is 0. The molecule has 18 heavy (non-hydrogen) atoms. The molecule has 0 fully saturated rings. The van der Waals surface area contributed by atoms with E-state index in [0.29, 0.717) is 5.52 Å². The van der Waals surface area contributed by atoms with E-state index in [1.54, 1.807) is 6.07 Å². The first-order chi connectivity index (χ1) is 8.77. The van der Waals surface area contributed by atoms with Gasteiger partial charge < -0.3 is 5.32 Å². The van der Waals surface area contributed by atoms with Crippen LogP contribution < -0.4 is 5.32 Å². The first-order valence-corrected chi connectivity index (χ1v) is 5.92. The van der Waals surface area contributed by atoms with Crippen LogP contribution in [0.4, 0.5) is 8.78 Å². The third-order valence-corrected chi connectivity index (χ3v) is 3.20. The van der Waals surface area contributed by atoms with Crippen LogP contribution in [0, 0.1) is 0 Å². The molecule has 3 nitrogen and oxygen atoms in total. The van der Waals surface area contributed by atoms with E-state index in [2.05, 4.69) is 21.6 Å². The van der Waals surface area contributed by atoms with E-state index in [1.807, 2.05) is 6.07 Å². The highest BCUT2D eigenvalue weighted by Crippen LogP contribution is 2.30. The predicted molar refractivity (Wildman–Crippen MR) is 66.5 cm³/mol. The van der Waals surface area contributed by atoms with Gasteiger partial charge >= 0.3 is 0 Å². The lowest BCUT2D eigenvalue weighted by molar-refractivity contribution is 0.153. The Morgan fingerprint density at radius 1 is 1.28 bits per heavy atom. The number of alkyl halides is 2. The van der Waals surface area contributed by atoms with Crippen molar-refractivity contribution in [1.29, 1.82) is 0 Å². The maximum Gasteiger partial charge on any atom is 0.266 e. The highest BCUT2D eigenvalue weighted by Gasteiger charge is 2.17. The molecule has 0 saturated heterocycles. The lowest BCUT2D eigenvalue weighted by atomic mass is 10.0. The normalized spacial score (nSPS) is 16.3. The van der Waals surface area contributed by atoms with Crippen molar-refractivity contribution >= 4 is 16.5 Å². The van der Waals surface area contributed by atoms with Crippen LogP contribution in [-0.4, -0.2) is 23.3 Å². The molecule has 1 aromatic heterocycles. The Morgan fingerprint density at radius 3 is 2.89 bits per heavy atom. The van der Waals surface area contributed by atoms with Crippen LogP contribution in [0.2, 0.25) is 0 Å². The van der Waals surface area contributed by atoms with E-state index >= 15 is 0 Å². The van der Waals surface area contributed by atoms with E-state index in [1.165, 1.54) is 6.07 Å². The van der Waals surface area contributed by atoms with Crippen LogP contribution in [-0.2, 0) is 0 Å². The minimum atomic E-state index is -2.50. The largest absolute Gasteiger partial charge is 0.312 e. The molecule has 2 N–H and O–H groups in total. The number of hydrogen-bond donors (Lipinski definition) is 2. The molecule has 0 atom stereocenters. The number of H-pyrrole nitrogens is 1. The van der Waals surface area contributed by atoms with E-state index in [0.717, 1.165) is 36.2 Å². The fraction of sp³-hybridized carbons (Fsp3) is 0.308. The van der Waals surface area contributed by atoms with Gasteiger partial charge in [-0.05, 0) is 18.5 Å². The summed E-state index contributed by atoms with van der Waals surface area (Å²) in [6.07, 6.45) is 0.575. The molecule has 2 heterocycles. The number of aromatic amines is 1. The molecular formula is C13H13F2N3. The van der Waals surface area contributed by atoms with Crippen molar-refractivity contribution in [3.63, 3.8) is 0 Å². The van der Waals surface area contributed by atoms with Crippen molar-refractivity contribution < 1.29 is 8.78 Å². The van der Waals surface area contributed by atoms with Gasteiger partial charge in [0.15, 0.2) is 0 Å². The molecule has 0 radical (unpaired) electrons. The summed E-state index contributed by atoms with van der Waals surface area (Å²) in [5.74, 6) is 0. The fourth-order valence-electron chi connectivity index (χ4n) is 2.31.